The normalized spacial score (nSPS) is 14.5. The van der Waals surface area contributed by atoms with Gasteiger partial charge in [-0.25, -0.2) is 5.10 Å². The zero-order valence-corrected chi connectivity index (χ0v) is 4.01. The number of anilines is 1. The summed E-state index contributed by atoms with van der Waals surface area (Å²) in [6.07, 6.45) is 0. The average molecular weight is 112 g/mol. The number of aromatic amines is 1. The Kier molecular flexibility index (Phi) is 0.518. The first-order valence-corrected chi connectivity index (χ1v) is 2.24. The molecule has 0 saturated carbocycles. The average Bonchev–Trinajstić information content (AvgIpc) is 2.15. The Balaban J connectivity index is 2.54. The Labute approximate surface area is 45.0 Å². The number of H-pyrrole nitrogens is 1. The highest BCUT2D eigenvalue weighted by Gasteiger charge is 2.12. The van der Waals surface area contributed by atoms with Crippen LogP contribution in [0, 0.1) is 0 Å². The minimum atomic E-state index is 0.497. The van der Waals surface area contributed by atoms with Gasteiger partial charge in [0.05, 0.1) is 0 Å². The number of ether oxygens (including phenoxy) is 1. The third kappa shape index (κ3) is 0.305. The van der Waals surface area contributed by atoms with E-state index in [9.17, 15) is 0 Å². The SMILES string of the molecule is C1Nc2nn[nH]c2O1. The van der Waals surface area contributed by atoms with Gasteiger partial charge in [-0.1, -0.05) is 5.21 Å². The molecule has 0 aliphatic carbocycles. The fraction of sp³-hybridized carbons (Fsp3) is 0.333. The van der Waals surface area contributed by atoms with Crippen LogP contribution in [0.25, 0.3) is 0 Å². The van der Waals surface area contributed by atoms with E-state index in [2.05, 4.69) is 20.7 Å². The first kappa shape index (κ1) is 3.71. The highest BCUT2D eigenvalue weighted by molar-refractivity contribution is 5.46. The molecule has 0 fully saturated rings. The van der Waals surface area contributed by atoms with Crippen molar-refractivity contribution in [3.63, 3.8) is 0 Å². The van der Waals surface area contributed by atoms with E-state index in [1.54, 1.807) is 0 Å². The molecule has 0 bridgehead atoms. The van der Waals surface area contributed by atoms with Crippen molar-refractivity contribution in [2.45, 2.75) is 0 Å². The maximum absolute atomic E-state index is 4.95. The minimum absolute atomic E-state index is 0.497. The van der Waals surface area contributed by atoms with Gasteiger partial charge in [0, 0.05) is 0 Å². The smallest absolute Gasteiger partial charge is 0.256 e. The molecule has 8 heavy (non-hydrogen) atoms. The lowest BCUT2D eigenvalue weighted by Crippen LogP contribution is -1.99. The van der Waals surface area contributed by atoms with Gasteiger partial charge in [-0.2, -0.15) is 0 Å². The van der Waals surface area contributed by atoms with Crippen molar-refractivity contribution in [2.24, 2.45) is 0 Å². The number of nitrogens with zero attached hydrogens (tertiary/aromatic N) is 2. The van der Waals surface area contributed by atoms with E-state index in [1.165, 1.54) is 0 Å². The molecule has 2 N–H and O–H groups in total. The molecule has 0 spiro atoms. The lowest BCUT2D eigenvalue weighted by Gasteiger charge is -1.85. The van der Waals surface area contributed by atoms with E-state index < -0.39 is 0 Å². The van der Waals surface area contributed by atoms with Crippen molar-refractivity contribution >= 4 is 5.82 Å². The molecule has 0 saturated heterocycles. The molecule has 0 aromatic carbocycles. The number of fused-ring (bicyclic) bond motifs is 1. The van der Waals surface area contributed by atoms with Crippen LogP contribution in [0.1, 0.15) is 0 Å². The Morgan fingerprint density at radius 1 is 1.62 bits per heavy atom. The number of hydrogen-bond donors (Lipinski definition) is 2. The summed E-state index contributed by atoms with van der Waals surface area (Å²) in [6.45, 7) is 0.497. The highest BCUT2D eigenvalue weighted by atomic mass is 16.5. The summed E-state index contributed by atoms with van der Waals surface area (Å²) < 4.78 is 4.95. The zero-order chi connectivity index (χ0) is 5.40. The van der Waals surface area contributed by atoms with Gasteiger partial charge < -0.3 is 10.1 Å². The topological polar surface area (TPSA) is 62.8 Å². The second-order valence-corrected chi connectivity index (χ2v) is 1.45. The molecule has 0 amide bonds. The number of rotatable bonds is 0. The molecule has 0 radical (unpaired) electrons. The number of nitrogens with one attached hydrogen (secondary N) is 2. The molecule has 0 unspecified atom stereocenters. The first-order valence-electron chi connectivity index (χ1n) is 2.24. The number of hydrogen-bond acceptors (Lipinski definition) is 4. The number of aromatic nitrogens is 3. The van der Waals surface area contributed by atoms with Gasteiger partial charge in [-0.15, -0.1) is 5.10 Å². The van der Waals surface area contributed by atoms with Crippen molar-refractivity contribution in [2.75, 3.05) is 12.0 Å². The van der Waals surface area contributed by atoms with Crippen LogP contribution in [0.4, 0.5) is 5.82 Å². The Bertz CT molecular complexity index is 176. The Morgan fingerprint density at radius 2 is 2.62 bits per heavy atom. The highest BCUT2D eigenvalue weighted by Crippen LogP contribution is 2.20. The van der Waals surface area contributed by atoms with Crippen LogP contribution >= 0.6 is 0 Å². The van der Waals surface area contributed by atoms with Crippen molar-refractivity contribution in [1.82, 2.24) is 15.4 Å². The van der Waals surface area contributed by atoms with Crippen LogP contribution in [-0.4, -0.2) is 22.1 Å². The van der Waals surface area contributed by atoms with Gasteiger partial charge in [0.15, 0.2) is 6.73 Å². The summed E-state index contributed by atoms with van der Waals surface area (Å²) in [5.41, 5.74) is 0. The molecule has 5 nitrogen and oxygen atoms in total. The van der Waals surface area contributed by atoms with E-state index >= 15 is 0 Å². The second-order valence-electron chi connectivity index (χ2n) is 1.45. The zero-order valence-electron chi connectivity index (χ0n) is 4.01. The third-order valence-corrected chi connectivity index (χ3v) is 0.973. The summed E-state index contributed by atoms with van der Waals surface area (Å²) in [5, 5.41) is 12.6. The summed E-state index contributed by atoms with van der Waals surface area (Å²) in [7, 11) is 0. The predicted octanol–water partition coefficient (Wildman–Crippen LogP) is -0.434. The monoisotopic (exact) mass is 112 g/mol. The van der Waals surface area contributed by atoms with Crippen LogP contribution < -0.4 is 10.1 Å². The Hall–Kier alpha value is -1.26. The molecular weight excluding hydrogens is 108 g/mol. The van der Waals surface area contributed by atoms with Gasteiger partial charge >= 0.3 is 0 Å². The molecule has 1 aromatic heterocycles. The van der Waals surface area contributed by atoms with E-state index in [0.29, 0.717) is 18.4 Å². The molecule has 42 valence electrons. The fourth-order valence-electron chi connectivity index (χ4n) is 0.612. The molecule has 2 rings (SSSR count). The van der Waals surface area contributed by atoms with Crippen LogP contribution in [0.2, 0.25) is 0 Å². The van der Waals surface area contributed by atoms with E-state index in [-0.39, 0.29) is 0 Å². The van der Waals surface area contributed by atoms with Gasteiger partial charge in [0.1, 0.15) is 0 Å². The predicted molar refractivity (Wildman–Crippen MR) is 25.5 cm³/mol. The molecule has 1 aliphatic rings. The summed E-state index contributed by atoms with van der Waals surface area (Å²) in [4.78, 5) is 0. The van der Waals surface area contributed by atoms with Gasteiger partial charge in [0.25, 0.3) is 5.88 Å². The standard InChI is InChI=1S/C3H4N4O/c1-4-2-3(8-1)6-7-5-2/h1H2,(H2,4,5,6,7). The van der Waals surface area contributed by atoms with Gasteiger partial charge in [-0.05, 0) is 0 Å². The van der Waals surface area contributed by atoms with Crippen molar-refractivity contribution in [3.8, 4) is 5.88 Å². The summed E-state index contributed by atoms with van der Waals surface area (Å²) >= 11 is 0. The van der Waals surface area contributed by atoms with Crippen LogP contribution in [0.15, 0.2) is 0 Å². The van der Waals surface area contributed by atoms with Gasteiger partial charge in [-0.3, -0.25) is 0 Å². The van der Waals surface area contributed by atoms with Crippen LogP contribution in [-0.2, 0) is 0 Å². The minimum Gasteiger partial charge on any atom is -0.454 e. The molecular formula is C3H4N4O. The maximum Gasteiger partial charge on any atom is 0.256 e. The lowest BCUT2D eigenvalue weighted by atomic mass is 10.7. The van der Waals surface area contributed by atoms with Gasteiger partial charge in [0.2, 0.25) is 5.82 Å². The lowest BCUT2D eigenvalue weighted by molar-refractivity contribution is 0.356. The molecule has 1 aromatic rings. The Morgan fingerprint density at radius 3 is 3.50 bits per heavy atom. The quantitative estimate of drug-likeness (QED) is 0.478. The largest absolute Gasteiger partial charge is 0.454 e. The molecule has 2 heterocycles. The summed E-state index contributed by atoms with van der Waals surface area (Å²) in [5.74, 6) is 1.33. The second kappa shape index (κ2) is 1.12. The molecule has 0 atom stereocenters. The maximum atomic E-state index is 4.95. The van der Waals surface area contributed by atoms with Crippen molar-refractivity contribution < 1.29 is 4.74 Å². The molecule has 5 heteroatoms. The fourth-order valence-corrected chi connectivity index (χ4v) is 0.612. The van der Waals surface area contributed by atoms with Crippen LogP contribution in [0.5, 0.6) is 5.88 Å². The summed E-state index contributed by atoms with van der Waals surface area (Å²) in [6, 6.07) is 0. The first-order chi connectivity index (χ1) is 3.97. The van der Waals surface area contributed by atoms with Crippen molar-refractivity contribution in [1.29, 1.82) is 0 Å². The van der Waals surface area contributed by atoms with E-state index in [0.717, 1.165) is 0 Å². The third-order valence-electron chi connectivity index (χ3n) is 0.973. The van der Waals surface area contributed by atoms with Crippen molar-refractivity contribution in [3.05, 3.63) is 0 Å². The molecule has 1 aliphatic heterocycles. The van der Waals surface area contributed by atoms with E-state index in [1.807, 2.05) is 0 Å². The van der Waals surface area contributed by atoms with Crippen LogP contribution in [0.3, 0.4) is 0 Å². The van der Waals surface area contributed by atoms with E-state index in [4.69, 9.17) is 4.74 Å².